The summed E-state index contributed by atoms with van der Waals surface area (Å²) in [5.41, 5.74) is 1.17. The fourth-order valence-electron chi connectivity index (χ4n) is 1.32. The molecule has 1 aromatic rings. The van der Waals surface area contributed by atoms with Crippen molar-refractivity contribution in [2.24, 2.45) is 0 Å². The van der Waals surface area contributed by atoms with Gasteiger partial charge in [0.05, 0.1) is 19.2 Å². The van der Waals surface area contributed by atoms with Crippen molar-refractivity contribution in [2.45, 2.75) is 12.5 Å². The van der Waals surface area contributed by atoms with E-state index >= 15 is 0 Å². The maximum absolute atomic E-state index is 12.7. The third kappa shape index (κ3) is 4.38. The van der Waals surface area contributed by atoms with Gasteiger partial charge in [-0.3, -0.25) is 0 Å². The number of rotatable bonds is 6. The highest BCUT2D eigenvalue weighted by Gasteiger charge is 2.26. The number of hydrogen-bond donors (Lipinski definition) is 2. The highest BCUT2D eigenvalue weighted by Crippen LogP contribution is 2.11. The van der Waals surface area contributed by atoms with E-state index in [0.717, 1.165) is 5.56 Å². The lowest BCUT2D eigenvalue weighted by atomic mass is 10.1. The predicted octanol–water partition coefficient (Wildman–Crippen LogP) is 1.19. The van der Waals surface area contributed by atoms with Crippen molar-refractivity contribution in [1.29, 1.82) is 0 Å². The van der Waals surface area contributed by atoms with Crippen molar-refractivity contribution in [2.75, 3.05) is 20.3 Å². The highest BCUT2D eigenvalue weighted by atomic mass is 19.3. The highest BCUT2D eigenvalue weighted by molar-refractivity contribution is 5.89. The first kappa shape index (κ1) is 14.5. The minimum Gasteiger partial charge on any atom is -0.465 e. The molecule has 2 N–H and O–H groups in total. The molecule has 0 saturated carbocycles. The Bertz CT molecular complexity index is 393. The molecule has 0 fully saturated rings. The van der Waals surface area contributed by atoms with E-state index in [1.807, 2.05) is 0 Å². The van der Waals surface area contributed by atoms with Gasteiger partial charge in [-0.15, -0.1) is 0 Å². The quantitative estimate of drug-likeness (QED) is 0.753. The van der Waals surface area contributed by atoms with Crippen LogP contribution in [0.1, 0.15) is 15.9 Å². The first-order valence-electron chi connectivity index (χ1n) is 5.35. The SMILES string of the molecule is COC(=O)c1ccc(CNCC(F)(F)CO)cc1. The number of carbonyl (C=O) groups excluding carboxylic acids is 1. The molecule has 0 heterocycles. The van der Waals surface area contributed by atoms with Gasteiger partial charge in [-0.05, 0) is 17.7 Å². The average Bonchev–Trinajstić information content (AvgIpc) is 2.38. The maximum atomic E-state index is 12.7. The maximum Gasteiger partial charge on any atom is 0.337 e. The largest absolute Gasteiger partial charge is 0.465 e. The number of halogens is 2. The van der Waals surface area contributed by atoms with Crippen molar-refractivity contribution in [1.82, 2.24) is 5.32 Å². The number of methoxy groups -OCH3 is 1. The molecule has 0 aromatic heterocycles. The first-order chi connectivity index (χ1) is 8.48. The van der Waals surface area contributed by atoms with Crippen LogP contribution >= 0.6 is 0 Å². The number of esters is 1. The lowest BCUT2D eigenvalue weighted by Crippen LogP contribution is -2.35. The zero-order chi connectivity index (χ0) is 13.6. The van der Waals surface area contributed by atoms with Crippen LogP contribution in [-0.2, 0) is 11.3 Å². The Hall–Kier alpha value is -1.53. The molecule has 0 aliphatic carbocycles. The third-order valence-electron chi connectivity index (χ3n) is 2.32. The predicted molar refractivity (Wildman–Crippen MR) is 61.5 cm³/mol. The molecule has 1 rings (SSSR count). The van der Waals surface area contributed by atoms with Crippen LogP contribution in [0.15, 0.2) is 24.3 Å². The fraction of sp³-hybridized carbons (Fsp3) is 0.417. The second-order valence-electron chi connectivity index (χ2n) is 3.81. The van der Waals surface area contributed by atoms with E-state index in [0.29, 0.717) is 5.56 Å². The van der Waals surface area contributed by atoms with Crippen LogP contribution in [0, 0.1) is 0 Å². The zero-order valence-corrected chi connectivity index (χ0v) is 9.95. The van der Waals surface area contributed by atoms with Gasteiger partial charge in [0, 0.05) is 6.54 Å². The van der Waals surface area contributed by atoms with E-state index in [2.05, 4.69) is 10.1 Å². The topological polar surface area (TPSA) is 58.6 Å². The number of aliphatic hydroxyl groups is 1. The molecule has 1 aromatic carbocycles. The third-order valence-corrected chi connectivity index (χ3v) is 2.32. The van der Waals surface area contributed by atoms with Gasteiger partial charge in [0.2, 0.25) is 0 Å². The van der Waals surface area contributed by atoms with Crippen molar-refractivity contribution >= 4 is 5.97 Å². The normalized spacial score (nSPS) is 11.3. The van der Waals surface area contributed by atoms with Gasteiger partial charge in [0.25, 0.3) is 5.92 Å². The fourth-order valence-corrected chi connectivity index (χ4v) is 1.32. The van der Waals surface area contributed by atoms with E-state index < -0.39 is 25.0 Å². The van der Waals surface area contributed by atoms with Gasteiger partial charge in [0.15, 0.2) is 0 Å². The van der Waals surface area contributed by atoms with E-state index in [4.69, 9.17) is 5.11 Å². The van der Waals surface area contributed by atoms with Crippen molar-refractivity contribution in [3.8, 4) is 0 Å². The Kier molecular flexibility index (Phi) is 5.18. The Morgan fingerprint density at radius 3 is 2.50 bits per heavy atom. The molecular weight excluding hydrogens is 244 g/mol. The summed E-state index contributed by atoms with van der Waals surface area (Å²) in [6.07, 6.45) is 0. The smallest absolute Gasteiger partial charge is 0.337 e. The summed E-state index contributed by atoms with van der Waals surface area (Å²) in [7, 11) is 1.29. The van der Waals surface area contributed by atoms with Crippen molar-refractivity contribution in [3.63, 3.8) is 0 Å². The van der Waals surface area contributed by atoms with Crippen LogP contribution in [0.5, 0.6) is 0 Å². The molecule has 0 radical (unpaired) electrons. The molecule has 0 aliphatic heterocycles. The summed E-state index contributed by atoms with van der Waals surface area (Å²) in [5, 5.41) is 10.9. The van der Waals surface area contributed by atoms with Crippen molar-refractivity contribution in [3.05, 3.63) is 35.4 Å². The molecule has 0 unspecified atom stereocenters. The summed E-state index contributed by atoms with van der Waals surface area (Å²) >= 11 is 0. The number of carbonyl (C=O) groups is 1. The lowest BCUT2D eigenvalue weighted by Gasteiger charge is -2.13. The number of nitrogens with one attached hydrogen (secondary N) is 1. The second-order valence-corrected chi connectivity index (χ2v) is 3.81. The second kappa shape index (κ2) is 6.42. The van der Waals surface area contributed by atoms with Crippen LogP contribution in [0.3, 0.4) is 0 Å². The van der Waals surface area contributed by atoms with E-state index in [-0.39, 0.29) is 6.54 Å². The summed E-state index contributed by atoms with van der Waals surface area (Å²) < 4.78 is 29.9. The Morgan fingerprint density at radius 1 is 1.39 bits per heavy atom. The molecule has 0 aliphatic rings. The Balaban J connectivity index is 2.47. The molecule has 100 valence electrons. The molecule has 18 heavy (non-hydrogen) atoms. The van der Waals surface area contributed by atoms with Crippen molar-refractivity contribution < 1.29 is 23.4 Å². The average molecular weight is 259 g/mol. The number of alkyl halides is 2. The van der Waals surface area contributed by atoms with Gasteiger partial charge in [0.1, 0.15) is 6.61 Å². The molecule has 0 spiro atoms. The molecule has 0 atom stereocenters. The first-order valence-corrected chi connectivity index (χ1v) is 5.35. The number of benzene rings is 1. The summed E-state index contributed by atoms with van der Waals surface area (Å²) in [6.45, 7) is -1.54. The molecule has 0 amide bonds. The van der Waals surface area contributed by atoms with Gasteiger partial charge < -0.3 is 15.2 Å². The van der Waals surface area contributed by atoms with E-state index in [9.17, 15) is 13.6 Å². The number of ether oxygens (including phenoxy) is 1. The van der Waals surface area contributed by atoms with E-state index in [1.165, 1.54) is 7.11 Å². The lowest BCUT2D eigenvalue weighted by molar-refractivity contribution is -0.0477. The van der Waals surface area contributed by atoms with E-state index in [1.54, 1.807) is 24.3 Å². The van der Waals surface area contributed by atoms with Crippen LogP contribution in [0.25, 0.3) is 0 Å². The number of hydrogen-bond acceptors (Lipinski definition) is 4. The molecule has 6 heteroatoms. The Labute approximate surface area is 104 Å². The van der Waals surface area contributed by atoms with Gasteiger partial charge >= 0.3 is 5.97 Å². The van der Waals surface area contributed by atoms with Gasteiger partial charge in [-0.2, -0.15) is 0 Å². The summed E-state index contributed by atoms with van der Waals surface area (Å²) in [4.78, 5) is 11.1. The minimum absolute atomic E-state index is 0.233. The molecular formula is C12H15F2NO3. The van der Waals surface area contributed by atoms with Crippen LogP contribution in [0.2, 0.25) is 0 Å². The molecule has 0 saturated heterocycles. The Morgan fingerprint density at radius 2 is 2.00 bits per heavy atom. The van der Waals surface area contributed by atoms with Crippen LogP contribution in [-0.4, -0.2) is 37.3 Å². The van der Waals surface area contributed by atoms with Crippen LogP contribution < -0.4 is 5.32 Å². The van der Waals surface area contributed by atoms with Gasteiger partial charge in [-0.25, -0.2) is 13.6 Å². The summed E-state index contributed by atoms with van der Waals surface area (Å²) in [6, 6.07) is 6.42. The monoisotopic (exact) mass is 259 g/mol. The minimum atomic E-state index is -3.12. The zero-order valence-electron chi connectivity index (χ0n) is 9.95. The standard InChI is InChI=1S/C12H15F2NO3/c1-18-11(17)10-4-2-9(3-5-10)6-15-7-12(13,14)8-16/h2-5,15-16H,6-8H2,1H3. The number of aliphatic hydroxyl groups excluding tert-OH is 1. The molecule has 4 nitrogen and oxygen atoms in total. The summed E-state index contributed by atoms with van der Waals surface area (Å²) in [5.74, 6) is -3.56. The molecule has 0 bridgehead atoms. The van der Waals surface area contributed by atoms with Crippen LogP contribution in [0.4, 0.5) is 8.78 Å². The van der Waals surface area contributed by atoms with Gasteiger partial charge in [-0.1, -0.05) is 12.1 Å².